The van der Waals surface area contributed by atoms with Crippen molar-refractivity contribution < 1.29 is 13.3 Å². The van der Waals surface area contributed by atoms with E-state index < -0.39 is 14.9 Å². The van der Waals surface area contributed by atoms with Crippen LogP contribution in [0.4, 0.5) is 5.69 Å². The highest BCUT2D eigenvalue weighted by Crippen LogP contribution is 2.21. The van der Waals surface area contributed by atoms with E-state index in [1.807, 2.05) is 0 Å². The Morgan fingerprint density at radius 2 is 1.96 bits per heavy atom. The van der Waals surface area contributed by atoms with Crippen molar-refractivity contribution in [3.8, 4) is 0 Å². The maximum Gasteiger partial charge on any atom is 0.270 e. The van der Waals surface area contributed by atoms with Gasteiger partial charge in [-0.3, -0.25) is 10.1 Å². The van der Waals surface area contributed by atoms with Gasteiger partial charge in [-0.25, -0.2) is 13.1 Å². The fourth-order valence-electron chi connectivity index (χ4n) is 2.76. The molecule has 1 saturated heterocycles. The Kier molecular flexibility index (Phi) is 6.09. The number of rotatable bonds is 7. The van der Waals surface area contributed by atoms with E-state index in [4.69, 9.17) is 0 Å². The predicted molar refractivity (Wildman–Crippen MR) is 87.9 cm³/mol. The minimum Gasteiger partial charge on any atom is -0.303 e. The molecule has 2 rings (SSSR count). The number of hydrogen-bond donors (Lipinski definition) is 1. The van der Waals surface area contributed by atoms with Crippen molar-refractivity contribution in [1.29, 1.82) is 0 Å². The molecule has 0 bridgehead atoms. The number of likely N-dealkylation sites (tertiary alicyclic amines) is 1. The quantitative estimate of drug-likeness (QED) is 0.465. The fourth-order valence-corrected chi connectivity index (χ4v) is 4.10. The number of aryl methyl sites for hydroxylation is 1. The summed E-state index contributed by atoms with van der Waals surface area (Å²) in [5.41, 5.74) is 0.281. The first-order valence-electron chi connectivity index (χ1n) is 7.87. The van der Waals surface area contributed by atoms with Crippen LogP contribution >= 0.6 is 0 Å². The lowest BCUT2D eigenvalue weighted by molar-refractivity contribution is -0.385. The molecule has 0 aromatic heterocycles. The van der Waals surface area contributed by atoms with E-state index in [-0.39, 0.29) is 10.6 Å². The van der Waals surface area contributed by atoms with E-state index in [2.05, 4.69) is 9.62 Å². The molecular weight excluding hydrogens is 318 g/mol. The minimum atomic E-state index is -3.72. The molecule has 0 unspecified atom stereocenters. The third-order valence-electron chi connectivity index (χ3n) is 4.06. The number of nitro groups is 1. The number of nitro benzene ring substituents is 1. The molecule has 1 aliphatic heterocycles. The molecule has 8 heteroatoms. The van der Waals surface area contributed by atoms with Gasteiger partial charge in [0.2, 0.25) is 10.0 Å². The van der Waals surface area contributed by atoms with Crippen molar-refractivity contribution in [2.75, 3.05) is 26.2 Å². The van der Waals surface area contributed by atoms with Gasteiger partial charge in [-0.1, -0.05) is 12.5 Å². The van der Waals surface area contributed by atoms with Crippen LogP contribution in [0.15, 0.2) is 23.1 Å². The zero-order valence-corrected chi connectivity index (χ0v) is 14.1. The van der Waals surface area contributed by atoms with E-state index in [0.717, 1.165) is 32.1 Å². The molecular formula is C15H23N3O4S. The summed E-state index contributed by atoms with van der Waals surface area (Å²) in [6, 6.07) is 3.88. The Hall–Kier alpha value is -1.51. The van der Waals surface area contributed by atoms with Gasteiger partial charge in [0.15, 0.2) is 0 Å². The lowest BCUT2D eigenvalue weighted by Gasteiger charge is -2.26. The summed E-state index contributed by atoms with van der Waals surface area (Å²) >= 11 is 0. The van der Waals surface area contributed by atoms with Crippen LogP contribution in [0.1, 0.15) is 31.2 Å². The van der Waals surface area contributed by atoms with Gasteiger partial charge in [-0.2, -0.15) is 0 Å². The molecule has 1 aromatic carbocycles. The Labute approximate surface area is 136 Å². The second-order valence-electron chi connectivity index (χ2n) is 5.86. The molecule has 0 aliphatic carbocycles. The molecule has 128 valence electrons. The van der Waals surface area contributed by atoms with Gasteiger partial charge in [0.25, 0.3) is 5.69 Å². The summed E-state index contributed by atoms with van der Waals surface area (Å²) < 4.78 is 27.2. The number of hydrogen-bond acceptors (Lipinski definition) is 5. The van der Waals surface area contributed by atoms with Crippen LogP contribution in [0.2, 0.25) is 0 Å². The Bertz CT molecular complexity index is 655. The number of nitrogens with one attached hydrogen (secondary N) is 1. The highest BCUT2D eigenvalue weighted by atomic mass is 32.2. The summed E-state index contributed by atoms with van der Waals surface area (Å²) in [5.74, 6) is 0. The van der Waals surface area contributed by atoms with E-state index in [1.54, 1.807) is 6.92 Å². The van der Waals surface area contributed by atoms with Crippen LogP contribution in [0.25, 0.3) is 0 Å². The van der Waals surface area contributed by atoms with Crippen molar-refractivity contribution >= 4 is 15.7 Å². The molecule has 0 spiro atoms. The van der Waals surface area contributed by atoms with E-state index >= 15 is 0 Å². The number of piperidine rings is 1. The molecule has 0 amide bonds. The number of nitrogens with zero attached hydrogens (tertiary/aromatic N) is 2. The number of benzene rings is 1. The summed E-state index contributed by atoms with van der Waals surface area (Å²) in [7, 11) is -3.72. The standard InChI is InChI=1S/C15H23N3O4S/c1-13-6-7-14(18(19)20)12-15(13)23(21,22)16-8-5-11-17-9-3-2-4-10-17/h6-7,12,16H,2-5,8-11H2,1H3. The average molecular weight is 341 g/mol. The SMILES string of the molecule is Cc1ccc([N+](=O)[O-])cc1S(=O)(=O)NCCCN1CCCCC1. The Morgan fingerprint density at radius 1 is 1.26 bits per heavy atom. The van der Waals surface area contributed by atoms with E-state index in [0.29, 0.717) is 12.1 Å². The van der Waals surface area contributed by atoms with Crippen LogP contribution in [-0.2, 0) is 10.0 Å². The van der Waals surface area contributed by atoms with Crippen molar-refractivity contribution in [3.63, 3.8) is 0 Å². The topological polar surface area (TPSA) is 92.5 Å². The molecule has 1 heterocycles. The van der Waals surface area contributed by atoms with Crippen LogP contribution in [0.5, 0.6) is 0 Å². The van der Waals surface area contributed by atoms with Crippen molar-refractivity contribution in [3.05, 3.63) is 33.9 Å². The first-order valence-corrected chi connectivity index (χ1v) is 9.35. The molecule has 0 atom stereocenters. The van der Waals surface area contributed by atoms with E-state index in [1.165, 1.54) is 31.4 Å². The summed E-state index contributed by atoms with van der Waals surface area (Å²) in [5, 5.41) is 10.8. The largest absolute Gasteiger partial charge is 0.303 e. The van der Waals surface area contributed by atoms with Crippen molar-refractivity contribution in [1.82, 2.24) is 9.62 Å². The van der Waals surface area contributed by atoms with Gasteiger partial charge in [0.05, 0.1) is 9.82 Å². The minimum absolute atomic E-state index is 0.0235. The molecule has 1 aromatic rings. The smallest absolute Gasteiger partial charge is 0.270 e. The number of non-ortho nitro benzene ring substituents is 1. The predicted octanol–water partition coefficient (Wildman–Crippen LogP) is 2.06. The van der Waals surface area contributed by atoms with Crippen LogP contribution in [0, 0.1) is 17.0 Å². The number of sulfonamides is 1. The van der Waals surface area contributed by atoms with Gasteiger partial charge in [-0.15, -0.1) is 0 Å². The Morgan fingerprint density at radius 3 is 2.61 bits per heavy atom. The van der Waals surface area contributed by atoms with Crippen molar-refractivity contribution in [2.24, 2.45) is 0 Å². The second-order valence-corrected chi connectivity index (χ2v) is 7.60. The first kappa shape index (κ1) is 17.8. The monoisotopic (exact) mass is 341 g/mol. The molecule has 1 N–H and O–H groups in total. The zero-order valence-electron chi connectivity index (χ0n) is 13.3. The maximum absolute atomic E-state index is 12.3. The lowest BCUT2D eigenvalue weighted by atomic mass is 10.1. The summed E-state index contributed by atoms with van der Waals surface area (Å²) in [6.07, 6.45) is 4.42. The zero-order chi connectivity index (χ0) is 16.9. The van der Waals surface area contributed by atoms with Gasteiger partial charge in [0.1, 0.15) is 0 Å². The molecule has 1 fully saturated rings. The molecule has 1 aliphatic rings. The van der Waals surface area contributed by atoms with Gasteiger partial charge in [0, 0.05) is 18.7 Å². The maximum atomic E-state index is 12.3. The molecule has 0 radical (unpaired) electrons. The van der Waals surface area contributed by atoms with Crippen LogP contribution < -0.4 is 4.72 Å². The fraction of sp³-hybridized carbons (Fsp3) is 0.600. The highest BCUT2D eigenvalue weighted by Gasteiger charge is 2.20. The molecule has 23 heavy (non-hydrogen) atoms. The van der Waals surface area contributed by atoms with E-state index in [9.17, 15) is 18.5 Å². The first-order chi connectivity index (χ1) is 10.9. The van der Waals surface area contributed by atoms with Crippen LogP contribution in [0.3, 0.4) is 0 Å². The normalized spacial score (nSPS) is 16.4. The lowest BCUT2D eigenvalue weighted by Crippen LogP contribution is -2.33. The van der Waals surface area contributed by atoms with Gasteiger partial charge < -0.3 is 4.90 Å². The van der Waals surface area contributed by atoms with Gasteiger partial charge >= 0.3 is 0 Å². The third-order valence-corrected chi connectivity index (χ3v) is 5.67. The van der Waals surface area contributed by atoms with Gasteiger partial charge in [-0.05, 0) is 51.4 Å². The average Bonchev–Trinajstić information content (AvgIpc) is 2.52. The van der Waals surface area contributed by atoms with Crippen molar-refractivity contribution in [2.45, 2.75) is 37.5 Å². The van der Waals surface area contributed by atoms with Crippen LogP contribution in [-0.4, -0.2) is 44.4 Å². The molecule has 0 saturated carbocycles. The molecule has 7 nitrogen and oxygen atoms in total. The summed E-state index contributed by atoms with van der Waals surface area (Å²) in [4.78, 5) is 12.5. The Balaban J connectivity index is 1.93. The third kappa shape index (κ3) is 4.98. The highest BCUT2D eigenvalue weighted by molar-refractivity contribution is 7.89. The second kappa shape index (κ2) is 7.85. The summed E-state index contributed by atoms with van der Waals surface area (Å²) in [6.45, 7) is 5.00.